The lowest BCUT2D eigenvalue weighted by atomic mass is 9.56. The standard InChI is InChI=1S/C21H36O7/c1-20(2,28-19-18(26)17(25)16(24)15(11-23)27-19)13-6-8-21(3)7-4-5-12(10-22)14(21)9-13/h5,13-19,22-26H,4,6-11H2,1-3H3/t13-,14+,15-,16-,17+,18-,19+,21-/m1/s1. The first kappa shape index (κ1) is 22.2. The van der Waals surface area contributed by atoms with Crippen LogP contribution in [0.2, 0.25) is 0 Å². The van der Waals surface area contributed by atoms with Gasteiger partial charge in [-0.25, -0.2) is 0 Å². The van der Waals surface area contributed by atoms with Gasteiger partial charge >= 0.3 is 0 Å². The number of aliphatic hydroxyl groups is 5. The van der Waals surface area contributed by atoms with E-state index < -0.39 is 42.9 Å². The van der Waals surface area contributed by atoms with Gasteiger partial charge in [-0.15, -0.1) is 0 Å². The maximum Gasteiger partial charge on any atom is 0.187 e. The van der Waals surface area contributed by atoms with E-state index in [1.54, 1.807) is 0 Å². The SMILES string of the molecule is CC(C)(O[C@@H]1O[C@H](CO)[C@@H](O)[C@H](O)[C@H]1O)[C@@H]1CC[C@@]2(C)CCC=C(CO)[C@@H]2C1. The quantitative estimate of drug-likeness (QED) is 0.431. The smallest absolute Gasteiger partial charge is 0.187 e. The second-order valence-electron chi connectivity index (χ2n) is 9.57. The molecule has 1 saturated carbocycles. The van der Waals surface area contributed by atoms with Crippen LogP contribution >= 0.6 is 0 Å². The van der Waals surface area contributed by atoms with E-state index >= 15 is 0 Å². The molecule has 0 unspecified atom stereocenters. The molecule has 0 spiro atoms. The molecule has 0 bridgehead atoms. The molecule has 0 aromatic rings. The lowest BCUT2D eigenvalue weighted by Crippen LogP contribution is -2.61. The van der Waals surface area contributed by atoms with Gasteiger partial charge in [0.1, 0.15) is 24.4 Å². The van der Waals surface area contributed by atoms with Crippen molar-refractivity contribution in [2.75, 3.05) is 13.2 Å². The molecule has 1 saturated heterocycles. The van der Waals surface area contributed by atoms with E-state index in [1.165, 1.54) is 0 Å². The fourth-order valence-electron chi connectivity index (χ4n) is 5.36. The average Bonchev–Trinajstić information content (AvgIpc) is 2.66. The molecule has 162 valence electrons. The molecule has 7 nitrogen and oxygen atoms in total. The van der Waals surface area contributed by atoms with Crippen molar-refractivity contribution in [1.29, 1.82) is 0 Å². The van der Waals surface area contributed by atoms with Gasteiger partial charge in [0.25, 0.3) is 0 Å². The Bertz CT molecular complexity index is 575. The Morgan fingerprint density at radius 3 is 2.50 bits per heavy atom. The number of aliphatic hydroxyl groups excluding tert-OH is 5. The van der Waals surface area contributed by atoms with Crippen molar-refractivity contribution in [3.63, 3.8) is 0 Å². The molecule has 3 rings (SSSR count). The number of hydrogen-bond acceptors (Lipinski definition) is 7. The summed E-state index contributed by atoms with van der Waals surface area (Å²) >= 11 is 0. The van der Waals surface area contributed by atoms with Crippen LogP contribution in [0.4, 0.5) is 0 Å². The Morgan fingerprint density at radius 2 is 1.86 bits per heavy atom. The van der Waals surface area contributed by atoms with E-state index in [4.69, 9.17) is 9.47 Å². The summed E-state index contributed by atoms with van der Waals surface area (Å²) in [6.07, 6.45) is 0.870. The van der Waals surface area contributed by atoms with E-state index in [1.807, 2.05) is 13.8 Å². The second kappa shape index (κ2) is 8.30. The van der Waals surface area contributed by atoms with Crippen LogP contribution in [0.15, 0.2) is 11.6 Å². The second-order valence-corrected chi connectivity index (χ2v) is 9.57. The van der Waals surface area contributed by atoms with Crippen LogP contribution in [-0.2, 0) is 9.47 Å². The fraction of sp³-hybridized carbons (Fsp3) is 0.905. The molecule has 8 atom stereocenters. The van der Waals surface area contributed by atoms with Crippen molar-refractivity contribution >= 4 is 0 Å². The largest absolute Gasteiger partial charge is 0.394 e. The van der Waals surface area contributed by atoms with E-state index in [9.17, 15) is 25.5 Å². The van der Waals surface area contributed by atoms with Gasteiger partial charge < -0.3 is 35.0 Å². The molecular formula is C21H36O7. The Labute approximate surface area is 167 Å². The molecule has 5 N–H and O–H groups in total. The van der Waals surface area contributed by atoms with Crippen molar-refractivity contribution in [3.05, 3.63) is 11.6 Å². The third-order valence-corrected chi connectivity index (χ3v) is 7.43. The Kier molecular flexibility index (Phi) is 6.57. The summed E-state index contributed by atoms with van der Waals surface area (Å²) in [7, 11) is 0. The molecule has 1 heterocycles. The first-order chi connectivity index (χ1) is 13.1. The van der Waals surface area contributed by atoms with Gasteiger partial charge in [0, 0.05) is 0 Å². The zero-order valence-electron chi connectivity index (χ0n) is 17.1. The summed E-state index contributed by atoms with van der Waals surface area (Å²) in [4.78, 5) is 0. The summed E-state index contributed by atoms with van der Waals surface area (Å²) in [5, 5.41) is 49.5. The van der Waals surface area contributed by atoms with Gasteiger partial charge in [-0.05, 0) is 68.8 Å². The van der Waals surface area contributed by atoms with E-state index in [0.717, 1.165) is 37.7 Å². The Balaban J connectivity index is 1.72. The maximum atomic E-state index is 10.3. The molecule has 0 aromatic carbocycles. The third-order valence-electron chi connectivity index (χ3n) is 7.43. The molecule has 28 heavy (non-hydrogen) atoms. The van der Waals surface area contributed by atoms with Gasteiger partial charge in [0.2, 0.25) is 0 Å². The predicted molar refractivity (Wildman–Crippen MR) is 102 cm³/mol. The topological polar surface area (TPSA) is 120 Å². The molecular weight excluding hydrogens is 364 g/mol. The average molecular weight is 401 g/mol. The monoisotopic (exact) mass is 400 g/mol. The van der Waals surface area contributed by atoms with E-state index in [-0.39, 0.29) is 17.9 Å². The van der Waals surface area contributed by atoms with Crippen molar-refractivity contribution in [3.8, 4) is 0 Å². The van der Waals surface area contributed by atoms with Crippen molar-refractivity contribution in [2.24, 2.45) is 17.3 Å². The minimum absolute atomic E-state index is 0.0843. The predicted octanol–water partition coefficient (Wildman–Crippen LogP) is 0.717. The van der Waals surface area contributed by atoms with E-state index in [2.05, 4.69) is 13.0 Å². The highest BCUT2D eigenvalue weighted by Crippen LogP contribution is 2.54. The molecule has 2 fully saturated rings. The van der Waals surface area contributed by atoms with Gasteiger partial charge in [-0.3, -0.25) is 0 Å². The van der Waals surface area contributed by atoms with Crippen LogP contribution in [-0.4, -0.2) is 75.1 Å². The lowest BCUT2D eigenvalue weighted by molar-refractivity contribution is -0.330. The highest BCUT2D eigenvalue weighted by Gasteiger charge is 2.50. The number of rotatable bonds is 5. The first-order valence-corrected chi connectivity index (χ1v) is 10.4. The van der Waals surface area contributed by atoms with Crippen molar-refractivity contribution in [1.82, 2.24) is 0 Å². The lowest BCUT2D eigenvalue weighted by Gasteiger charge is -2.52. The molecule has 0 aromatic heterocycles. The molecule has 1 aliphatic heterocycles. The van der Waals surface area contributed by atoms with Crippen LogP contribution in [0, 0.1) is 17.3 Å². The van der Waals surface area contributed by atoms with Gasteiger partial charge in [0.05, 0.1) is 18.8 Å². The summed E-state index contributed by atoms with van der Waals surface area (Å²) in [5.74, 6) is 0.494. The number of ether oxygens (including phenoxy) is 2. The minimum Gasteiger partial charge on any atom is -0.394 e. The molecule has 3 aliphatic rings. The fourth-order valence-corrected chi connectivity index (χ4v) is 5.36. The van der Waals surface area contributed by atoms with Gasteiger partial charge in [-0.1, -0.05) is 13.0 Å². The van der Waals surface area contributed by atoms with Crippen LogP contribution in [0.3, 0.4) is 0 Å². The number of fused-ring (bicyclic) bond motifs is 1. The molecule has 0 radical (unpaired) electrons. The van der Waals surface area contributed by atoms with Crippen LogP contribution in [0.1, 0.15) is 52.9 Å². The van der Waals surface area contributed by atoms with Crippen LogP contribution in [0.5, 0.6) is 0 Å². The molecule has 7 heteroatoms. The van der Waals surface area contributed by atoms with Gasteiger partial charge in [0.15, 0.2) is 6.29 Å². The summed E-state index contributed by atoms with van der Waals surface area (Å²) in [6, 6.07) is 0. The van der Waals surface area contributed by atoms with Crippen molar-refractivity contribution < 1.29 is 35.0 Å². The summed E-state index contributed by atoms with van der Waals surface area (Å²) in [6.45, 7) is 5.82. The number of hydrogen-bond donors (Lipinski definition) is 5. The zero-order valence-corrected chi connectivity index (χ0v) is 17.1. The van der Waals surface area contributed by atoms with Gasteiger partial charge in [-0.2, -0.15) is 0 Å². The summed E-state index contributed by atoms with van der Waals surface area (Å²) in [5.41, 5.74) is 0.664. The Morgan fingerprint density at radius 1 is 1.14 bits per heavy atom. The maximum absolute atomic E-state index is 10.3. The van der Waals surface area contributed by atoms with Crippen LogP contribution < -0.4 is 0 Å². The first-order valence-electron chi connectivity index (χ1n) is 10.4. The zero-order chi connectivity index (χ0) is 20.7. The van der Waals surface area contributed by atoms with Crippen molar-refractivity contribution in [2.45, 2.75) is 89.2 Å². The van der Waals surface area contributed by atoms with E-state index in [0.29, 0.717) is 5.92 Å². The number of allylic oxidation sites excluding steroid dienone is 1. The summed E-state index contributed by atoms with van der Waals surface area (Å²) < 4.78 is 11.7. The van der Waals surface area contributed by atoms with Crippen LogP contribution in [0.25, 0.3) is 0 Å². The molecule has 0 amide bonds. The molecule has 2 aliphatic carbocycles. The third kappa shape index (κ3) is 4.03. The Hall–Kier alpha value is -0.540. The highest BCUT2D eigenvalue weighted by atomic mass is 16.7. The normalized spacial score (nSPS) is 44.7. The highest BCUT2D eigenvalue weighted by molar-refractivity contribution is 5.18. The minimum atomic E-state index is -1.44.